The maximum Gasteiger partial charge on any atom is 0.296 e. The van der Waals surface area contributed by atoms with Crippen LogP contribution in [0.4, 0.5) is 57.4 Å². The van der Waals surface area contributed by atoms with Gasteiger partial charge in [0, 0.05) is 22.5 Å². The third-order valence-corrected chi connectivity index (χ3v) is 14.3. The van der Waals surface area contributed by atoms with Crippen molar-refractivity contribution in [2.45, 2.75) is 24.5 Å². The number of nitrogen functional groups attached to an aromatic ring is 1. The van der Waals surface area contributed by atoms with E-state index in [1.807, 2.05) is 0 Å². The maximum atomic E-state index is 12.7. The van der Waals surface area contributed by atoms with E-state index < -0.39 is 126 Å². The molecule has 0 unspecified atom stereocenters. The molecule has 0 fully saturated rings. The summed E-state index contributed by atoms with van der Waals surface area (Å²) in [5.41, 5.74) is 1.47. The van der Waals surface area contributed by atoms with Crippen LogP contribution in [0.3, 0.4) is 0 Å². The Hall–Kier alpha value is -6.92. The van der Waals surface area contributed by atoms with Crippen molar-refractivity contribution in [1.29, 1.82) is 0 Å². The van der Waals surface area contributed by atoms with Gasteiger partial charge in [-0.3, -0.25) is 23.0 Å². The topological polar surface area (TPSA) is 439 Å². The molecule has 0 radical (unpaired) electrons. The fourth-order valence-corrected chi connectivity index (χ4v) is 9.34. The Morgan fingerprint density at radius 3 is 1.57 bits per heavy atom. The predicted octanol–water partition coefficient (Wildman–Crippen LogP) is 7.04. The molecule has 70 heavy (non-hydrogen) atoms. The summed E-state index contributed by atoms with van der Waals surface area (Å²) in [5.74, 6) is -2.64. The Bertz CT molecular complexity index is 3890. The third kappa shape index (κ3) is 11.9. The van der Waals surface area contributed by atoms with Gasteiger partial charge in [0.25, 0.3) is 46.4 Å². The highest BCUT2D eigenvalue weighted by molar-refractivity contribution is 9.12. The normalized spacial score (nSPS) is 12.6. The van der Waals surface area contributed by atoms with Crippen LogP contribution in [0.1, 0.15) is 0 Å². The van der Waals surface area contributed by atoms with E-state index in [4.69, 9.17) is 17.3 Å². The molecule has 10 N–H and O–H groups in total. The van der Waals surface area contributed by atoms with Gasteiger partial charge in [-0.1, -0.05) is 13.2 Å². The average Bonchev–Trinajstić information content (AvgIpc) is 3.24. The third-order valence-electron chi connectivity index (χ3n) is 8.89. The number of phenolic OH excluding ortho intramolecular Hbond substituents is 1. The predicted molar refractivity (Wildman–Crippen MR) is 252 cm³/mol. The Morgan fingerprint density at radius 2 is 1.09 bits per heavy atom. The standard InChI is InChI=1S/C36H27BrClN11O16S5/c1-3-66(52,53)21-8-4-18(5-9-21)41-35-43-34(38)44-36(45-35)42-20-7-11-25(68(57,58)59)23(15-20)47-49-31-27(70(63,64)65)13-17-12-26(69(60,61)62)30(29(39)28(17)32(31)50)48-46-22-14-19(40-33(51)16(2)37)6-10-24(22)67(54,55)56/h3-15,50H,1-2,39H2,(H,40,51)(H,54,55,56)(H,57,58,59)(H,60,61,62)(H,63,64,65)(H2,41,42,43,44,45)/b48-46+,49-47+. The smallest absolute Gasteiger partial charge is 0.296 e. The summed E-state index contributed by atoms with van der Waals surface area (Å²) in [6.07, 6.45) is 0. The van der Waals surface area contributed by atoms with Crippen molar-refractivity contribution in [2.75, 3.05) is 21.7 Å². The summed E-state index contributed by atoms with van der Waals surface area (Å²) >= 11 is 8.94. The van der Waals surface area contributed by atoms with E-state index in [1.165, 1.54) is 24.3 Å². The average molecular weight is 1150 g/mol. The summed E-state index contributed by atoms with van der Waals surface area (Å²) in [6, 6.07) is 11.7. The van der Waals surface area contributed by atoms with Gasteiger partial charge in [0.1, 0.15) is 42.3 Å². The van der Waals surface area contributed by atoms with Crippen LogP contribution < -0.4 is 21.7 Å². The number of nitrogens with one attached hydrogen (secondary N) is 3. The van der Waals surface area contributed by atoms with Crippen LogP contribution in [-0.4, -0.2) is 86.3 Å². The van der Waals surface area contributed by atoms with Crippen molar-refractivity contribution >= 4 is 152 Å². The first-order valence-corrected chi connectivity index (χ1v) is 26.6. The molecule has 27 nitrogen and oxygen atoms in total. The molecule has 0 bridgehead atoms. The Balaban J connectivity index is 1.47. The Labute approximate surface area is 408 Å². The first kappa shape index (κ1) is 52.5. The zero-order chi connectivity index (χ0) is 51.9. The molecule has 0 aliphatic carbocycles. The number of phenols is 1. The number of hydrogen-bond acceptors (Lipinski definition) is 22. The minimum atomic E-state index is -5.51. The summed E-state index contributed by atoms with van der Waals surface area (Å²) in [6.45, 7) is 6.64. The highest BCUT2D eigenvalue weighted by Gasteiger charge is 2.29. The zero-order valence-corrected chi connectivity index (χ0v) is 40.6. The number of rotatable bonds is 16. The quantitative estimate of drug-likeness (QED) is 0.0203. The van der Waals surface area contributed by atoms with Crippen molar-refractivity contribution in [2.24, 2.45) is 20.5 Å². The molecule has 366 valence electrons. The summed E-state index contributed by atoms with van der Waals surface area (Å²) in [7, 11) is -25.0. The van der Waals surface area contributed by atoms with E-state index >= 15 is 0 Å². The first-order valence-electron chi connectivity index (χ1n) is 18.1. The molecule has 0 saturated heterocycles. The van der Waals surface area contributed by atoms with E-state index in [0.717, 1.165) is 41.8 Å². The number of aromatic hydroxyl groups is 1. The van der Waals surface area contributed by atoms with Crippen molar-refractivity contribution < 1.29 is 70.2 Å². The molecule has 6 aromatic rings. The fraction of sp³-hybridized carbons (Fsp3) is 0. The van der Waals surface area contributed by atoms with Crippen LogP contribution in [0.25, 0.3) is 10.8 Å². The van der Waals surface area contributed by atoms with Crippen molar-refractivity contribution in [3.05, 3.63) is 101 Å². The van der Waals surface area contributed by atoms with Gasteiger partial charge in [0.2, 0.25) is 17.2 Å². The minimum absolute atomic E-state index is 0.0612. The van der Waals surface area contributed by atoms with Crippen LogP contribution in [0.15, 0.2) is 141 Å². The van der Waals surface area contributed by atoms with Gasteiger partial charge in [-0.25, -0.2) is 8.42 Å². The van der Waals surface area contributed by atoms with Crippen LogP contribution in [0, 0.1) is 0 Å². The van der Waals surface area contributed by atoms with Gasteiger partial charge in [0.15, 0.2) is 15.6 Å². The van der Waals surface area contributed by atoms with Crippen molar-refractivity contribution in [1.82, 2.24) is 15.0 Å². The number of anilines is 6. The number of azo groups is 2. The highest BCUT2D eigenvalue weighted by atomic mass is 79.9. The number of nitrogens with zero attached hydrogens (tertiary/aromatic N) is 7. The number of nitrogens with two attached hydrogens (primary N) is 1. The van der Waals surface area contributed by atoms with Gasteiger partial charge in [-0.15, -0.1) is 20.5 Å². The van der Waals surface area contributed by atoms with E-state index in [9.17, 15) is 70.2 Å². The van der Waals surface area contributed by atoms with Crippen LogP contribution in [-0.2, 0) is 55.1 Å². The van der Waals surface area contributed by atoms with Gasteiger partial charge < -0.3 is 26.8 Å². The largest absolute Gasteiger partial charge is 0.505 e. The lowest BCUT2D eigenvalue weighted by Gasteiger charge is -2.14. The molecule has 6 rings (SSSR count). The molecule has 0 aliphatic heterocycles. The zero-order valence-electron chi connectivity index (χ0n) is 34.2. The lowest BCUT2D eigenvalue weighted by atomic mass is 10.1. The molecular formula is C36H27BrClN11O16S5. The molecule has 1 amide bonds. The van der Waals surface area contributed by atoms with Crippen molar-refractivity contribution in [3.63, 3.8) is 0 Å². The number of carbonyl (C=O) groups excluding carboxylic acids is 1. The number of benzene rings is 5. The minimum Gasteiger partial charge on any atom is -0.505 e. The second-order valence-electron chi connectivity index (χ2n) is 13.6. The molecule has 0 spiro atoms. The number of amides is 1. The molecule has 0 saturated carbocycles. The SMILES string of the molecule is C=CS(=O)(=O)c1ccc(Nc2nc(Cl)nc(Nc3ccc(S(=O)(=O)O)c(/N=N/c4c(S(=O)(=O)O)cc5cc(S(=O)(=O)O)c(/N=N/c6cc(NC(=O)C(=C)Br)ccc6S(=O)(=O)O)c(N)c5c4O)c3)n2)cc1. The number of fused-ring (bicyclic) bond motifs is 1. The molecule has 5 aromatic carbocycles. The van der Waals surface area contributed by atoms with Crippen LogP contribution >= 0.6 is 27.5 Å². The van der Waals surface area contributed by atoms with E-state index in [1.54, 1.807) is 0 Å². The molecule has 0 atom stereocenters. The van der Waals surface area contributed by atoms with Gasteiger partial charge >= 0.3 is 0 Å². The van der Waals surface area contributed by atoms with Gasteiger partial charge in [0.05, 0.1) is 20.5 Å². The molecule has 1 heterocycles. The number of sulfone groups is 1. The number of halogens is 2. The highest BCUT2D eigenvalue weighted by Crippen LogP contribution is 2.49. The van der Waals surface area contributed by atoms with Gasteiger partial charge in [-0.05, 0) is 106 Å². The summed E-state index contributed by atoms with van der Waals surface area (Å²) in [5, 5.41) is 32.9. The van der Waals surface area contributed by atoms with E-state index in [2.05, 4.69) is 80.4 Å². The first-order chi connectivity index (χ1) is 32.4. The molecule has 1 aromatic heterocycles. The van der Waals surface area contributed by atoms with Crippen LogP contribution in [0.2, 0.25) is 5.28 Å². The van der Waals surface area contributed by atoms with E-state index in [0.29, 0.717) is 17.8 Å². The molecule has 34 heteroatoms. The van der Waals surface area contributed by atoms with Gasteiger partial charge in [-0.2, -0.15) is 48.6 Å². The Morgan fingerprint density at radius 1 is 0.643 bits per heavy atom. The number of hydrogen-bond donors (Lipinski definition) is 9. The molecule has 0 aliphatic rings. The van der Waals surface area contributed by atoms with Crippen LogP contribution in [0.5, 0.6) is 5.75 Å². The van der Waals surface area contributed by atoms with Crippen molar-refractivity contribution in [3.8, 4) is 5.75 Å². The summed E-state index contributed by atoms with van der Waals surface area (Å²) < 4.78 is 164. The second-order valence-corrected chi connectivity index (χ2v) is 22.3. The molecular weight excluding hydrogens is 1120 g/mol. The number of aromatic nitrogens is 3. The Kier molecular flexibility index (Phi) is 14.6. The fourth-order valence-electron chi connectivity index (χ4n) is 5.84. The number of carbonyl (C=O) groups is 1. The lowest BCUT2D eigenvalue weighted by Crippen LogP contribution is -2.10. The maximum absolute atomic E-state index is 12.7. The monoisotopic (exact) mass is 1140 g/mol. The van der Waals surface area contributed by atoms with E-state index in [-0.39, 0.29) is 32.6 Å². The second kappa shape index (κ2) is 19.5. The summed E-state index contributed by atoms with van der Waals surface area (Å²) in [4.78, 5) is 19.6. The lowest BCUT2D eigenvalue weighted by molar-refractivity contribution is -0.112.